The molecule has 0 aliphatic carbocycles. The number of aromatic amines is 1. The van der Waals surface area contributed by atoms with Crippen molar-refractivity contribution in [2.24, 2.45) is 0 Å². The van der Waals surface area contributed by atoms with Crippen LogP contribution in [0.2, 0.25) is 0 Å². The zero-order valence-electron chi connectivity index (χ0n) is 9.12. The van der Waals surface area contributed by atoms with Crippen LogP contribution in [0, 0.1) is 0 Å². The van der Waals surface area contributed by atoms with Crippen LogP contribution in [0.4, 0.5) is 4.79 Å². The number of H-pyrrole nitrogens is 1. The maximum absolute atomic E-state index is 11.5. The average Bonchev–Trinajstić information content (AvgIpc) is 2.83. The maximum atomic E-state index is 11.5. The number of nitrogens with one attached hydrogen (secondary N) is 2. The van der Waals surface area contributed by atoms with Crippen molar-refractivity contribution < 1.29 is 9.53 Å². The first-order chi connectivity index (χ1) is 8.25. The predicted octanol–water partition coefficient (Wildman–Crippen LogP) is 1.05. The summed E-state index contributed by atoms with van der Waals surface area (Å²) in [7, 11) is 0. The van der Waals surface area contributed by atoms with Crippen LogP contribution >= 0.6 is 0 Å². The van der Waals surface area contributed by atoms with Gasteiger partial charge in [-0.2, -0.15) is 5.21 Å². The second-order valence-electron chi connectivity index (χ2n) is 3.34. The summed E-state index contributed by atoms with van der Waals surface area (Å²) in [6.07, 6.45) is -0.562. The van der Waals surface area contributed by atoms with E-state index < -0.39 is 6.09 Å². The molecule has 88 valence electrons. The molecular weight excluding hydrogens is 222 g/mol. The van der Waals surface area contributed by atoms with Crippen molar-refractivity contribution in [3.8, 4) is 5.75 Å². The predicted molar refractivity (Wildman–Crippen MR) is 58.2 cm³/mol. The molecule has 1 aromatic heterocycles. The lowest BCUT2D eigenvalue weighted by Crippen LogP contribution is -2.30. The van der Waals surface area contributed by atoms with Gasteiger partial charge in [-0.05, 0) is 19.1 Å². The summed E-state index contributed by atoms with van der Waals surface area (Å²) in [4.78, 5) is 11.5. The molecule has 17 heavy (non-hydrogen) atoms. The van der Waals surface area contributed by atoms with Crippen molar-refractivity contribution in [3.05, 3.63) is 36.2 Å². The van der Waals surface area contributed by atoms with E-state index >= 15 is 0 Å². The van der Waals surface area contributed by atoms with Crippen LogP contribution in [0.15, 0.2) is 30.3 Å². The molecule has 0 bridgehead atoms. The molecule has 0 saturated heterocycles. The summed E-state index contributed by atoms with van der Waals surface area (Å²) in [6.45, 7) is 1.73. The molecule has 2 rings (SSSR count). The standard InChI is InChI=1S/C10H11N5O2/c1-7(9-12-14-15-13-9)11-10(16)17-8-5-3-2-4-6-8/h2-7H,1H3,(H,11,16)(H,12,13,14,15). The number of amides is 1. The average molecular weight is 233 g/mol. The number of tetrazole rings is 1. The van der Waals surface area contributed by atoms with E-state index in [9.17, 15) is 4.79 Å². The number of rotatable bonds is 3. The van der Waals surface area contributed by atoms with E-state index in [2.05, 4.69) is 25.9 Å². The van der Waals surface area contributed by atoms with Gasteiger partial charge in [0.1, 0.15) is 5.75 Å². The van der Waals surface area contributed by atoms with Crippen LogP contribution in [0.1, 0.15) is 18.8 Å². The van der Waals surface area contributed by atoms with Gasteiger partial charge in [0.05, 0.1) is 6.04 Å². The van der Waals surface area contributed by atoms with Crippen LogP contribution in [-0.2, 0) is 0 Å². The molecule has 0 spiro atoms. The van der Waals surface area contributed by atoms with Crippen molar-refractivity contribution in [3.63, 3.8) is 0 Å². The third-order valence-corrected chi connectivity index (χ3v) is 2.04. The molecule has 0 radical (unpaired) electrons. The lowest BCUT2D eigenvalue weighted by atomic mass is 10.3. The lowest BCUT2D eigenvalue weighted by molar-refractivity contribution is 0.196. The molecule has 0 aliphatic heterocycles. The first kappa shape index (κ1) is 11.1. The Bertz CT molecular complexity index is 471. The van der Waals surface area contributed by atoms with Crippen molar-refractivity contribution >= 4 is 6.09 Å². The molecule has 7 nitrogen and oxygen atoms in total. The number of aromatic nitrogens is 4. The molecule has 7 heteroatoms. The number of benzene rings is 1. The maximum Gasteiger partial charge on any atom is 0.413 e. The van der Waals surface area contributed by atoms with Crippen LogP contribution in [0.5, 0.6) is 5.75 Å². The van der Waals surface area contributed by atoms with E-state index in [0.29, 0.717) is 11.6 Å². The molecule has 0 fully saturated rings. The number of carbonyl (C=O) groups is 1. The Hall–Kier alpha value is -2.44. The number of ether oxygens (including phenoxy) is 1. The minimum Gasteiger partial charge on any atom is -0.410 e. The van der Waals surface area contributed by atoms with Gasteiger partial charge in [0.25, 0.3) is 0 Å². The van der Waals surface area contributed by atoms with Gasteiger partial charge in [-0.1, -0.05) is 23.4 Å². The van der Waals surface area contributed by atoms with Crippen LogP contribution in [0.3, 0.4) is 0 Å². The third kappa shape index (κ3) is 3.00. The van der Waals surface area contributed by atoms with Crippen LogP contribution in [0.25, 0.3) is 0 Å². The van der Waals surface area contributed by atoms with Crippen molar-refractivity contribution in [2.45, 2.75) is 13.0 Å². The number of carbonyl (C=O) groups excluding carboxylic acids is 1. The molecule has 1 aromatic carbocycles. The molecule has 0 aliphatic rings. The van der Waals surface area contributed by atoms with E-state index in [1.807, 2.05) is 6.07 Å². The smallest absolute Gasteiger partial charge is 0.410 e. The summed E-state index contributed by atoms with van der Waals surface area (Å²) in [5.41, 5.74) is 0. The van der Waals surface area contributed by atoms with Gasteiger partial charge < -0.3 is 10.1 Å². The lowest BCUT2D eigenvalue weighted by Gasteiger charge is -2.09. The van der Waals surface area contributed by atoms with Crippen molar-refractivity contribution in [2.75, 3.05) is 0 Å². The van der Waals surface area contributed by atoms with Gasteiger partial charge in [-0.3, -0.25) is 0 Å². The molecule has 2 aromatic rings. The minimum atomic E-state index is -0.562. The second-order valence-corrected chi connectivity index (χ2v) is 3.34. The minimum absolute atomic E-state index is 0.370. The van der Waals surface area contributed by atoms with E-state index in [1.54, 1.807) is 31.2 Å². The van der Waals surface area contributed by atoms with Gasteiger partial charge in [-0.25, -0.2) is 4.79 Å². The zero-order chi connectivity index (χ0) is 12.1. The monoisotopic (exact) mass is 233 g/mol. The number of para-hydroxylation sites is 1. The fraction of sp³-hybridized carbons (Fsp3) is 0.200. The molecule has 0 saturated carbocycles. The van der Waals surface area contributed by atoms with Crippen molar-refractivity contribution in [1.82, 2.24) is 25.9 Å². The fourth-order valence-electron chi connectivity index (χ4n) is 1.22. The highest BCUT2D eigenvalue weighted by Crippen LogP contribution is 2.09. The highest BCUT2D eigenvalue weighted by atomic mass is 16.6. The summed E-state index contributed by atoms with van der Waals surface area (Å²) >= 11 is 0. The normalized spacial score (nSPS) is 11.8. The summed E-state index contributed by atoms with van der Waals surface area (Å²) in [6, 6.07) is 8.42. The van der Waals surface area contributed by atoms with Gasteiger partial charge >= 0.3 is 6.09 Å². The van der Waals surface area contributed by atoms with Crippen molar-refractivity contribution in [1.29, 1.82) is 0 Å². The SMILES string of the molecule is CC(NC(=O)Oc1ccccc1)c1nn[nH]n1. The number of hydrogen-bond acceptors (Lipinski definition) is 5. The van der Waals surface area contributed by atoms with Crippen LogP contribution in [-0.4, -0.2) is 26.7 Å². The van der Waals surface area contributed by atoms with Gasteiger partial charge in [0.2, 0.25) is 0 Å². The van der Waals surface area contributed by atoms with Gasteiger partial charge in [0.15, 0.2) is 5.82 Å². The summed E-state index contributed by atoms with van der Waals surface area (Å²) < 4.78 is 5.05. The molecule has 2 N–H and O–H groups in total. The van der Waals surface area contributed by atoms with E-state index in [4.69, 9.17) is 4.74 Å². The molecule has 1 heterocycles. The summed E-state index contributed by atoms with van der Waals surface area (Å²) in [5, 5.41) is 15.8. The van der Waals surface area contributed by atoms with E-state index in [1.165, 1.54) is 0 Å². The number of hydrogen-bond donors (Lipinski definition) is 2. The number of nitrogens with zero attached hydrogens (tertiary/aromatic N) is 3. The Balaban J connectivity index is 1.90. The topological polar surface area (TPSA) is 92.8 Å². The molecule has 1 atom stereocenters. The molecular formula is C10H11N5O2. The van der Waals surface area contributed by atoms with Gasteiger partial charge in [-0.15, -0.1) is 10.2 Å². The zero-order valence-corrected chi connectivity index (χ0v) is 9.12. The Morgan fingerprint density at radius 3 is 2.82 bits per heavy atom. The third-order valence-electron chi connectivity index (χ3n) is 2.04. The summed E-state index contributed by atoms with van der Waals surface area (Å²) in [5.74, 6) is 0.875. The van der Waals surface area contributed by atoms with Crippen LogP contribution < -0.4 is 10.1 Å². The Morgan fingerprint density at radius 2 is 2.18 bits per heavy atom. The highest BCUT2D eigenvalue weighted by molar-refractivity contribution is 5.70. The second kappa shape index (κ2) is 5.06. The van der Waals surface area contributed by atoms with E-state index in [-0.39, 0.29) is 6.04 Å². The highest BCUT2D eigenvalue weighted by Gasteiger charge is 2.14. The molecule has 1 amide bonds. The Labute approximate surface area is 97.2 Å². The van der Waals surface area contributed by atoms with Gasteiger partial charge in [0, 0.05) is 0 Å². The Morgan fingerprint density at radius 1 is 1.41 bits per heavy atom. The first-order valence-corrected chi connectivity index (χ1v) is 5.02. The fourth-order valence-corrected chi connectivity index (χ4v) is 1.22. The largest absolute Gasteiger partial charge is 0.413 e. The Kier molecular flexibility index (Phi) is 3.29. The molecule has 1 unspecified atom stereocenters. The quantitative estimate of drug-likeness (QED) is 0.826. The van der Waals surface area contributed by atoms with E-state index in [0.717, 1.165) is 0 Å². The first-order valence-electron chi connectivity index (χ1n) is 5.02.